The monoisotopic (exact) mass is 339 g/mol. The Kier molecular flexibility index (Phi) is 3.47. The smallest absolute Gasteiger partial charge is 0.137 e. The molecule has 0 aliphatic rings. The topological polar surface area (TPSA) is 12.9 Å². The molecular weight excluding hydrogens is 328 g/mol. The Labute approximate surface area is 142 Å². The van der Waals surface area contributed by atoms with Crippen molar-refractivity contribution in [1.29, 1.82) is 0 Å². The molecule has 0 atom stereocenters. The van der Waals surface area contributed by atoms with Crippen molar-refractivity contribution in [2.24, 2.45) is 0 Å². The van der Waals surface area contributed by atoms with Gasteiger partial charge >= 0.3 is 0 Å². The molecule has 0 fully saturated rings. The second kappa shape index (κ2) is 5.53. The van der Waals surface area contributed by atoms with Crippen molar-refractivity contribution < 1.29 is 8.78 Å². The summed E-state index contributed by atoms with van der Waals surface area (Å²) in [5.74, 6) is -1.37. The summed E-state index contributed by atoms with van der Waals surface area (Å²) in [4.78, 5) is 4.51. The van der Waals surface area contributed by atoms with Crippen LogP contribution in [0.2, 0.25) is 5.02 Å². The van der Waals surface area contributed by atoms with E-state index in [9.17, 15) is 8.78 Å². The van der Waals surface area contributed by atoms with Crippen LogP contribution in [0, 0.1) is 18.6 Å². The average molecular weight is 340 g/mol. The summed E-state index contributed by atoms with van der Waals surface area (Å²) < 4.78 is 27.7. The molecular formula is C20H12ClF2N. The number of pyridine rings is 1. The van der Waals surface area contributed by atoms with E-state index in [1.807, 2.05) is 42.5 Å². The normalized spacial score (nSPS) is 11.3. The van der Waals surface area contributed by atoms with E-state index in [0.29, 0.717) is 11.3 Å². The minimum atomic E-state index is -0.699. The van der Waals surface area contributed by atoms with Crippen molar-refractivity contribution >= 4 is 33.3 Å². The fourth-order valence-electron chi connectivity index (χ4n) is 3.06. The molecule has 0 unspecified atom stereocenters. The third-order valence-electron chi connectivity index (χ3n) is 4.22. The predicted octanol–water partition coefficient (Wildman–Crippen LogP) is 6.30. The Bertz CT molecular complexity index is 1100. The van der Waals surface area contributed by atoms with E-state index in [-0.39, 0.29) is 15.9 Å². The van der Waals surface area contributed by atoms with Crippen molar-refractivity contribution in [1.82, 2.24) is 4.98 Å². The van der Waals surface area contributed by atoms with Gasteiger partial charge < -0.3 is 0 Å². The summed E-state index contributed by atoms with van der Waals surface area (Å²) in [5.41, 5.74) is 2.41. The van der Waals surface area contributed by atoms with Gasteiger partial charge in [0.2, 0.25) is 0 Å². The van der Waals surface area contributed by atoms with Gasteiger partial charge in [0.05, 0.1) is 21.6 Å². The van der Waals surface area contributed by atoms with Crippen LogP contribution in [0.1, 0.15) is 5.56 Å². The summed E-state index contributed by atoms with van der Waals surface area (Å²) in [6.45, 7) is 1.80. The van der Waals surface area contributed by atoms with Gasteiger partial charge in [-0.1, -0.05) is 54.1 Å². The van der Waals surface area contributed by atoms with Gasteiger partial charge in [0.1, 0.15) is 11.6 Å². The lowest BCUT2D eigenvalue weighted by Gasteiger charge is -2.13. The highest BCUT2D eigenvalue weighted by Crippen LogP contribution is 2.37. The number of rotatable bonds is 1. The molecule has 24 heavy (non-hydrogen) atoms. The van der Waals surface area contributed by atoms with Crippen LogP contribution < -0.4 is 0 Å². The van der Waals surface area contributed by atoms with Gasteiger partial charge in [-0.05, 0) is 23.3 Å². The second-order valence-corrected chi connectivity index (χ2v) is 6.09. The van der Waals surface area contributed by atoms with Crippen molar-refractivity contribution in [2.45, 2.75) is 6.92 Å². The van der Waals surface area contributed by atoms with E-state index in [0.717, 1.165) is 22.4 Å². The summed E-state index contributed by atoms with van der Waals surface area (Å²) >= 11 is 6.39. The van der Waals surface area contributed by atoms with Crippen LogP contribution >= 0.6 is 11.6 Å². The number of hydrogen-bond acceptors (Lipinski definition) is 1. The number of benzene rings is 3. The fourth-order valence-corrected chi connectivity index (χ4v) is 3.33. The van der Waals surface area contributed by atoms with Crippen molar-refractivity contribution in [3.05, 3.63) is 76.8 Å². The molecule has 0 saturated carbocycles. The number of aromatic nitrogens is 1. The molecule has 0 N–H and O–H groups in total. The van der Waals surface area contributed by atoms with Crippen LogP contribution in [-0.2, 0) is 0 Å². The van der Waals surface area contributed by atoms with Crippen LogP contribution in [-0.4, -0.2) is 4.98 Å². The van der Waals surface area contributed by atoms with Gasteiger partial charge in [0.25, 0.3) is 0 Å². The zero-order chi connectivity index (χ0) is 16.8. The van der Waals surface area contributed by atoms with Crippen LogP contribution in [0.3, 0.4) is 0 Å². The number of hydrogen-bond donors (Lipinski definition) is 0. The highest BCUT2D eigenvalue weighted by molar-refractivity contribution is 6.36. The molecule has 1 aromatic heterocycles. The van der Waals surface area contributed by atoms with E-state index in [1.54, 1.807) is 6.92 Å². The molecule has 0 saturated heterocycles. The van der Waals surface area contributed by atoms with Crippen LogP contribution in [0.5, 0.6) is 0 Å². The van der Waals surface area contributed by atoms with E-state index in [2.05, 4.69) is 4.98 Å². The van der Waals surface area contributed by atoms with Gasteiger partial charge in [-0.2, -0.15) is 0 Å². The highest BCUT2D eigenvalue weighted by Gasteiger charge is 2.17. The van der Waals surface area contributed by atoms with Gasteiger partial charge in [-0.15, -0.1) is 0 Å². The minimum absolute atomic E-state index is 0.152. The summed E-state index contributed by atoms with van der Waals surface area (Å²) in [6.07, 6.45) is 0. The minimum Gasteiger partial charge on any atom is -0.247 e. The molecule has 3 aromatic carbocycles. The van der Waals surface area contributed by atoms with Crippen molar-refractivity contribution in [2.75, 3.05) is 0 Å². The van der Waals surface area contributed by atoms with E-state index in [4.69, 9.17) is 11.6 Å². The zero-order valence-electron chi connectivity index (χ0n) is 12.8. The standard InChI is InChI=1S/C20H12ClF2N/c1-11-19(21)18-16(23)9-13(22)10-17(18)24-20(11)15-8-4-6-12-5-2-3-7-14(12)15/h2-10H,1H3. The summed E-state index contributed by atoms with van der Waals surface area (Å²) in [6, 6.07) is 15.8. The first-order chi connectivity index (χ1) is 11.6. The molecule has 1 nitrogen and oxygen atoms in total. The molecule has 4 heteroatoms. The highest BCUT2D eigenvalue weighted by atomic mass is 35.5. The van der Waals surface area contributed by atoms with Crippen LogP contribution in [0.25, 0.3) is 32.9 Å². The lowest BCUT2D eigenvalue weighted by atomic mass is 9.98. The number of halogens is 3. The van der Waals surface area contributed by atoms with Crippen LogP contribution in [0.15, 0.2) is 54.6 Å². The van der Waals surface area contributed by atoms with Gasteiger partial charge in [-0.25, -0.2) is 13.8 Å². The Morgan fingerprint density at radius 1 is 0.958 bits per heavy atom. The largest absolute Gasteiger partial charge is 0.247 e. The quantitative estimate of drug-likeness (QED) is 0.397. The van der Waals surface area contributed by atoms with Gasteiger partial charge in [-0.3, -0.25) is 0 Å². The lowest BCUT2D eigenvalue weighted by Crippen LogP contribution is -1.96. The van der Waals surface area contributed by atoms with Crippen LogP contribution in [0.4, 0.5) is 8.78 Å². The molecule has 0 radical (unpaired) electrons. The Morgan fingerprint density at radius 3 is 2.54 bits per heavy atom. The Hall–Kier alpha value is -2.52. The van der Waals surface area contributed by atoms with Gasteiger partial charge in [0.15, 0.2) is 0 Å². The predicted molar refractivity (Wildman–Crippen MR) is 94.3 cm³/mol. The molecule has 0 amide bonds. The first-order valence-corrected chi connectivity index (χ1v) is 7.87. The maximum absolute atomic E-state index is 14.1. The first-order valence-electron chi connectivity index (χ1n) is 7.49. The molecule has 0 bridgehead atoms. The first kappa shape index (κ1) is 15.0. The Balaban J connectivity index is 2.12. The maximum Gasteiger partial charge on any atom is 0.137 e. The SMILES string of the molecule is Cc1c(-c2cccc3ccccc23)nc2cc(F)cc(F)c2c1Cl. The third-order valence-corrected chi connectivity index (χ3v) is 4.69. The van der Waals surface area contributed by atoms with Crippen molar-refractivity contribution in [3.8, 4) is 11.3 Å². The van der Waals surface area contributed by atoms with Gasteiger partial charge in [0, 0.05) is 17.7 Å². The summed E-state index contributed by atoms with van der Waals surface area (Å²) in [7, 11) is 0. The number of nitrogens with zero attached hydrogens (tertiary/aromatic N) is 1. The molecule has 4 rings (SSSR count). The van der Waals surface area contributed by atoms with E-state index < -0.39 is 11.6 Å². The lowest BCUT2D eigenvalue weighted by molar-refractivity contribution is 0.591. The zero-order valence-corrected chi connectivity index (χ0v) is 13.5. The maximum atomic E-state index is 14.1. The van der Waals surface area contributed by atoms with E-state index >= 15 is 0 Å². The molecule has 0 aliphatic heterocycles. The second-order valence-electron chi connectivity index (χ2n) is 5.71. The third kappa shape index (κ3) is 2.24. The average Bonchev–Trinajstić information content (AvgIpc) is 2.57. The summed E-state index contributed by atoms with van der Waals surface area (Å²) in [5, 5.41) is 2.50. The fraction of sp³-hybridized carbons (Fsp3) is 0.0500. The molecule has 118 valence electrons. The van der Waals surface area contributed by atoms with E-state index in [1.165, 1.54) is 6.07 Å². The Morgan fingerprint density at radius 2 is 1.71 bits per heavy atom. The number of fused-ring (bicyclic) bond motifs is 2. The molecule has 0 aliphatic carbocycles. The molecule has 4 aromatic rings. The molecule has 1 heterocycles. The molecule has 0 spiro atoms. The van der Waals surface area contributed by atoms with Crippen molar-refractivity contribution in [3.63, 3.8) is 0 Å².